The molecular weight excluding hydrogens is 588 g/mol. The molecule has 246 valence electrons. The number of hydrogen-bond donors (Lipinski definition) is 3. The molecule has 2 saturated carbocycles. The van der Waals surface area contributed by atoms with Crippen molar-refractivity contribution in [2.45, 2.75) is 109 Å². The molecule has 0 unspecified atom stereocenters. The van der Waals surface area contributed by atoms with Crippen molar-refractivity contribution in [3.05, 3.63) is 47.0 Å². The Hall–Kier alpha value is -3.32. The smallest absolute Gasteiger partial charge is 0.338 e. The molecular formula is C33H42O12. The molecule has 1 aliphatic heterocycles. The van der Waals surface area contributed by atoms with Crippen molar-refractivity contribution in [2.75, 3.05) is 6.61 Å². The first-order valence-corrected chi connectivity index (χ1v) is 15.1. The maximum atomic E-state index is 14.0. The number of esters is 4. The van der Waals surface area contributed by atoms with E-state index in [1.54, 1.807) is 44.2 Å². The Labute approximate surface area is 261 Å². The largest absolute Gasteiger partial charge is 0.462 e. The van der Waals surface area contributed by atoms with Gasteiger partial charge < -0.3 is 39.0 Å². The molecule has 1 aromatic carbocycles. The van der Waals surface area contributed by atoms with Gasteiger partial charge in [-0.3, -0.25) is 14.4 Å². The lowest BCUT2D eigenvalue weighted by Crippen LogP contribution is -2.79. The number of carbonyl (C=O) groups is 4. The van der Waals surface area contributed by atoms with Crippen LogP contribution in [0.5, 0.6) is 0 Å². The molecule has 3 aliphatic carbocycles. The zero-order valence-electron chi connectivity index (χ0n) is 26.6. The molecule has 12 heteroatoms. The Morgan fingerprint density at radius 2 is 1.56 bits per heavy atom. The van der Waals surface area contributed by atoms with Crippen molar-refractivity contribution in [1.29, 1.82) is 0 Å². The molecule has 45 heavy (non-hydrogen) atoms. The minimum Gasteiger partial charge on any atom is -0.462 e. The van der Waals surface area contributed by atoms with Gasteiger partial charge in [-0.05, 0) is 50.5 Å². The summed E-state index contributed by atoms with van der Waals surface area (Å²) in [7, 11) is 0. The van der Waals surface area contributed by atoms with Crippen LogP contribution in [0.25, 0.3) is 0 Å². The zero-order chi connectivity index (χ0) is 33.3. The van der Waals surface area contributed by atoms with Gasteiger partial charge in [0, 0.05) is 27.2 Å². The average Bonchev–Trinajstić information content (AvgIpc) is 3.18. The van der Waals surface area contributed by atoms with E-state index < -0.39 is 88.5 Å². The second kappa shape index (κ2) is 11.2. The van der Waals surface area contributed by atoms with Gasteiger partial charge in [-0.25, -0.2) is 4.79 Å². The van der Waals surface area contributed by atoms with Gasteiger partial charge in [0.15, 0.2) is 5.60 Å². The lowest BCUT2D eigenvalue weighted by molar-refractivity contribution is -0.352. The molecule has 5 rings (SSSR count). The maximum absolute atomic E-state index is 14.0. The Bertz CT molecular complexity index is 1410. The highest BCUT2D eigenvalue weighted by Gasteiger charge is 2.80. The molecule has 1 saturated heterocycles. The third-order valence-electron chi connectivity index (χ3n) is 10.5. The second-order valence-corrected chi connectivity index (χ2v) is 13.5. The van der Waals surface area contributed by atoms with Crippen LogP contribution in [0.3, 0.4) is 0 Å². The Balaban J connectivity index is 1.90. The van der Waals surface area contributed by atoms with Gasteiger partial charge in [0.2, 0.25) is 0 Å². The number of rotatable bonds is 6. The zero-order valence-corrected chi connectivity index (χ0v) is 26.6. The standard InChI is InChI=1S/C33H42O12/c1-16-21(37)14-32(30(5,6)40)24(16)25(38)27(43-18(3)35)31(7)22(42-17(2)34)13-23-33(15-41-23,45-19(4)36)26(31)28(32)44-29(39)20-11-9-8-10-12-20/h8-12,21-23,25-28,37-38,40H,13-15H2,1-7H3/t21-,22+,23+,25+,26+,27-,28+,31+,32-,33-/m0/s1. The minimum absolute atomic E-state index is 0.000130. The summed E-state index contributed by atoms with van der Waals surface area (Å²) >= 11 is 0. The summed E-state index contributed by atoms with van der Waals surface area (Å²) in [5, 5.41) is 35.9. The van der Waals surface area contributed by atoms with Crippen LogP contribution < -0.4 is 0 Å². The summed E-state index contributed by atoms with van der Waals surface area (Å²) in [6.45, 7) is 9.64. The fourth-order valence-corrected chi connectivity index (χ4v) is 8.71. The van der Waals surface area contributed by atoms with Gasteiger partial charge in [-0.2, -0.15) is 0 Å². The van der Waals surface area contributed by atoms with Gasteiger partial charge in [0.05, 0.1) is 40.6 Å². The Morgan fingerprint density at radius 1 is 0.933 bits per heavy atom. The Kier molecular flexibility index (Phi) is 8.21. The number of hydrogen-bond acceptors (Lipinski definition) is 12. The quantitative estimate of drug-likeness (QED) is 0.237. The number of aliphatic hydroxyl groups is 3. The van der Waals surface area contributed by atoms with Crippen molar-refractivity contribution in [3.63, 3.8) is 0 Å². The van der Waals surface area contributed by atoms with Crippen molar-refractivity contribution in [2.24, 2.45) is 16.7 Å². The summed E-state index contributed by atoms with van der Waals surface area (Å²) in [6, 6.07) is 8.14. The molecule has 0 aromatic heterocycles. The number of carbonyl (C=O) groups excluding carboxylic acids is 4. The van der Waals surface area contributed by atoms with E-state index in [1.807, 2.05) is 0 Å². The van der Waals surface area contributed by atoms with E-state index in [0.717, 1.165) is 6.92 Å². The third-order valence-corrected chi connectivity index (χ3v) is 10.5. The van der Waals surface area contributed by atoms with Crippen molar-refractivity contribution in [1.82, 2.24) is 0 Å². The fraction of sp³-hybridized carbons (Fsp3) is 0.636. The molecule has 0 amide bonds. The van der Waals surface area contributed by atoms with Gasteiger partial charge in [0.1, 0.15) is 30.5 Å². The summed E-state index contributed by atoms with van der Waals surface area (Å²) in [5.74, 6) is -4.09. The molecule has 1 aromatic rings. The van der Waals surface area contributed by atoms with Crippen molar-refractivity contribution < 1.29 is 58.2 Å². The number of benzene rings is 1. The fourth-order valence-electron chi connectivity index (χ4n) is 8.71. The van der Waals surface area contributed by atoms with E-state index in [2.05, 4.69) is 0 Å². The predicted molar refractivity (Wildman–Crippen MR) is 155 cm³/mol. The highest BCUT2D eigenvalue weighted by Crippen LogP contribution is 2.68. The lowest BCUT2D eigenvalue weighted by Gasteiger charge is -2.65. The van der Waals surface area contributed by atoms with Crippen LogP contribution in [0, 0.1) is 16.7 Å². The second-order valence-electron chi connectivity index (χ2n) is 13.5. The van der Waals surface area contributed by atoms with Gasteiger partial charge in [0.25, 0.3) is 0 Å². The molecule has 10 atom stereocenters. The molecule has 0 spiro atoms. The molecule has 0 bridgehead atoms. The monoisotopic (exact) mass is 630 g/mol. The van der Waals surface area contributed by atoms with Crippen LogP contribution in [0.1, 0.15) is 71.7 Å². The molecule has 3 N–H and O–H groups in total. The van der Waals surface area contributed by atoms with E-state index in [4.69, 9.17) is 23.7 Å². The first-order valence-electron chi connectivity index (χ1n) is 15.1. The van der Waals surface area contributed by atoms with E-state index in [1.165, 1.54) is 27.7 Å². The van der Waals surface area contributed by atoms with E-state index >= 15 is 0 Å². The average molecular weight is 631 g/mol. The van der Waals surface area contributed by atoms with Gasteiger partial charge >= 0.3 is 23.9 Å². The van der Waals surface area contributed by atoms with Crippen LogP contribution >= 0.6 is 0 Å². The van der Waals surface area contributed by atoms with E-state index in [9.17, 15) is 34.5 Å². The van der Waals surface area contributed by atoms with Crippen LogP contribution in [0.4, 0.5) is 0 Å². The number of ether oxygens (including phenoxy) is 5. The van der Waals surface area contributed by atoms with Crippen molar-refractivity contribution in [3.8, 4) is 0 Å². The maximum Gasteiger partial charge on any atom is 0.338 e. The molecule has 0 radical (unpaired) electrons. The lowest BCUT2D eigenvalue weighted by atomic mass is 9.49. The van der Waals surface area contributed by atoms with Gasteiger partial charge in [-0.15, -0.1) is 0 Å². The first-order chi connectivity index (χ1) is 20.9. The number of aliphatic hydroxyl groups excluding tert-OH is 2. The Morgan fingerprint density at radius 3 is 2.07 bits per heavy atom. The van der Waals surface area contributed by atoms with E-state index in [-0.39, 0.29) is 30.6 Å². The van der Waals surface area contributed by atoms with Crippen molar-refractivity contribution >= 4 is 23.9 Å². The van der Waals surface area contributed by atoms with Crippen LogP contribution in [0.15, 0.2) is 41.5 Å². The molecule has 1 heterocycles. The van der Waals surface area contributed by atoms with Crippen LogP contribution in [-0.2, 0) is 38.1 Å². The predicted octanol–water partition coefficient (Wildman–Crippen LogP) is 2.02. The highest BCUT2D eigenvalue weighted by atomic mass is 16.6. The third kappa shape index (κ3) is 4.88. The van der Waals surface area contributed by atoms with Crippen LogP contribution in [0.2, 0.25) is 0 Å². The topological polar surface area (TPSA) is 175 Å². The molecule has 12 nitrogen and oxygen atoms in total. The summed E-state index contributed by atoms with van der Waals surface area (Å²) in [4.78, 5) is 52.1. The highest BCUT2D eigenvalue weighted by molar-refractivity contribution is 5.89. The van der Waals surface area contributed by atoms with E-state index in [0.29, 0.717) is 5.57 Å². The normalized spacial score (nSPS) is 38.8. The summed E-state index contributed by atoms with van der Waals surface area (Å²) in [5.41, 5.74) is -6.04. The SMILES string of the molecule is CC(=O)O[C@@H]1C[C@H]2OC[C@@]2(OC(C)=O)[C@@H]2[C@@H](OC(=O)c3ccccc3)[C@]3(C(C)(C)O)C[C@H](O)C(C)=C3[C@@H](O)[C@H](OC(C)=O)[C@]12C. The number of fused-ring (bicyclic) bond motifs is 4. The summed E-state index contributed by atoms with van der Waals surface area (Å²) < 4.78 is 30.3. The summed E-state index contributed by atoms with van der Waals surface area (Å²) in [6.07, 6.45) is -7.93. The first kappa shape index (κ1) is 33.1. The van der Waals surface area contributed by atoms with Crippen LogP contribution in [-0.4, -0.2) is 93.6 Å². The minimum atomic E-state index is -1.80. The molecule has 3 fully saturated rings. The molecule has 4 aliphatic rings. The van der Waals surface area contributed by atoms with Gasteiger partial charge in [-0.1, -0.05) is 25.1 Å².